The number of amides is 1. The highest BCUT2D eigenvalue weighted by Crippen LogP contribution is 2.40. The summed E-state index contributed by atoms with van der Waals surface area (Å²) < 4.78 is 4.97. The number of nitrogens with one attached hydrogen (secondary N) is 1. The summed E-state index contributed by atoms with van der Waals surface area (Å²) in [6.07, 6.45) is 2.94. The van der Waals surface area contributed by atoms with Gasteiger partial charge in [0.25, 0.3) is 0 Å². The lowest BCUT2D eigenvalue weighted by Gasteiger charge is -1.82. The average molecular weight is 152 g/mol. The van der Waals surface area contributed by atoms with Crippen molar-refractivity contribution in [2.24, 2.45) is 0 Å². The third-order valence-electron chi connectivity index (χ3n) is 1.71. The molecule has 0 spiro atoms. The van der Waals surface area contributed by atoms with Crippen LogP contribution in [0.4, 0.5) is 5.82 Å². The molecule has 1 aromatic rings. The van der Waals surface area contributed by atoms with E-state index in [2.05, 4.69) is 10.5 Å². The van der Waals surface area contributed by atoms with Gasteiger partial charge in [0.05, 0.1) is 0 Å². The van der Waals surface area contributed by atoms with E-state index in [1.807, 2.05) is 0 Å². The molecule has 1 saturated carbocycles. The fourth-order valence-electron chi connectivity index (χ4n) is 0.978. The van der Waals surface area contributed by atoms with E-state index in [0.29, 0.717) is 18.1 Å². The maximum absolute atomic E-state index is 9.98. The monoisotopic (exact) mass is 152 g/mol. The molecule has 1 aliphatic rings. The smallest absolute Gasteiger partial charge is 0.212 e. The molecule has 11 heavy (non-hydrogen) atoms. The minimum atomic E-state index is 0.502. The van der Waals surface area contributed by atoms with Crippen LogP contribution in [0.5, 0.6) is 0 Å². The number of carbonyl (C=O) groups excluding carboxylic acids is 1. The summed E-state index contributed by atoms with van der Waals surface area (Å²) in [5.41, 5.74) is 0. The second kappa shape index (κ2) is 2.38. The zero-order chi connectivity index (χ0) is 7.68. The van der Waals surface area contributed by atoms with Crippen molar-refractivity contribution < 1.29 is 9.32 Å². The van der Waals surface area contributed by atoms with Crippen molar-refractivity contribution in [1.29, 1.82) is 0 Å². The van der Waals surface area contributed by atoms with Crippen molar-refractivity contribution >= 4 is 12.2 Å². The molecule has 0 radical (unpaired) electrons. The molecule has 1 N–H and O–H groups in total. The first-order valence-corrected chi connectivity index (χ1v) is 3.57. The number of hydrogen-bond acceptors (Lipinski definition) is 3. The summed E-state index contributed by atoms with van der Waals surface area (Å²) in [5.74, 6) is 1.93. The molecule has 1 aliphatic carbocycles. The minimum Gasteiger partial charge on any atom is -0.359 e. The molecule has 58 valence electrons. The Morgan fingerprint density at radius 1 is 1.73 bits per heavy atom. The molecule has 4 heteroatoms. The summed E-state index contributed by atoms with van der Waals surface area (Å²) in [6, 6.07) is 1.77. The number of nitrogens with zero attached hydrogens (tertiary/aromatic N) is 1. The lowest BCUT2D eigenvalue weighted by atomic mass is 10.3. The first kappa shape index (κ1) is 6.39. The van der Waals surface area contributed by atoms with Gasteiger partial charge in [-0.05, 0) is 12.8 Å². The van der Waals surface area contributed by atoms with Gasteiger partial charge in [-0.25, -0.2) is 0 Å². The van der Waals surface area contributed by atoms with Gasteiger partial charge >= 0.3 is 0 Å². The summed E-state index contributed by atoms with van der Waals surface area (Å²) in [5, 5.41) is 6.07. The predicted octanol–water partition coefficient (Wildman–Crippen LogP) is 1.12. The van der Waals surface area contributed by atoms with Crippen molar-refractivity contribution in [3.05, 3.63) is 11.8 Å². The van der Waals surface area contributed by atoms with Crippen LogP contribution in [0.25, 0.3) is 0 Å². The first-order valence-electron chi connectivity index (χ1n) is 3.57. The third-order valence-corrected chi connectivity index (χ3v) is 1.71. The standard InChI is InChI=1S/C7H8N2O2/c10-4-8-7-3-6(11-9-7)5-1-2-5/h3-5H,1-2H2,(H,8,9,10). The van der Waals surface area contributed by atoms with Crippen LogP contribution in [0.1, 0.15) is 24.5 Å². The van der Waals surface area contributed by atoms with Gasteiger partial charge in [-0.2, -0.15) is 0 Å². The Morgan fingerprint density at radius 3 is 3.18 bits per heavy atom. The van der Waals surface area contributed by atoms with Gasteiger partial charge in [0, 0.05) is 12.0 Å². The van der Waals surface area contributed by atoms with Crippen LogP contribution in [0, 0.1) is 0 Å². The second-order valence-corrected chi connectivity index (χ2v) is 2.65. The van der Waals surface area contributed by atoms with Gasteiger partial charge in [-0.1, -0.05) is 5.16 Å². The van der Waals surface area contributed by atoms with Gasteiger partial charge in [0.2, 0.25) is 6.41 Å². The summed E-state index contributed by atoms with van der Waals surface area (Å²) in [6.45, 7) is 0. The lowest BCUT2D eigenvalue weighted by molar-refractivity contribution is -0.105. The van der Waals surface area contributed by atoms with Crippen LogP contribution in [0.3, 0.4) is 0 Å². The largest absolute Gasteiger partial charge is 0.359 e. The highest BCUT2D eigenvalue weighted by atomic mass is 16.5. The molecular weight excluding hydrogens is 144 g/mol. The molecule has 0 atom stereocenters. The van der Waals surface area contributed by atoms with Crippen LogP contribution in [-0.2, 0) is 4.79 Å². The molecule has 0 aromatic carbocycles. The first-order chi connectivity index (χ1) is 5.40. The Hall–Kier alpha value is -1.32. The third kappa shape index (κ3) is 1.24. The summed E-state index contributed by atoms with van der Waals surface area (Å²) in [4.78, 5) is 9.98. The van der Waals surface area contributed by atoms with E-state index < -0.39 is 0 Å². The zero-order valence-electron chi connectivity index (χ0n) is 5.91. The molecule has 1 fully saturated rings. The Balaban J connectivity index is 2.11. The Morgan fingerprint density at radius 2 is 2.55 bits per heavy atom. The average Bonchev–Trinajstić information content (AvgIpc) is 2.75. The van der Waals surface area contributed by atoms with E-state index in [0.717, 1.165) is 5.76 Å². The molecule has 0 unspecified atom stereocenters. The molecule has 1 aromatic heterocycles. The number of carbonyl (C=O) groups is 1. The van der Waals surface area contributed by atoms with Crippen molar-refractivity contribution in [3.8, 4) is 0 Å². The number of hydrogen-bond donors (Lipinski definition) is 1. The Labute approximate surface area is 63.6 Å². The normalized spacial score (nSPS) is 16.4. The summed E-state index contributed by atoms with van der Waals surface area (Å²) in [7, 11) is 0. The minimum absolute atomic E-state index is 0.502. The maximum Gasteiger partial charge on any atom is 0.212 e. The van der Waals surface area contributed by atoms with Gasteiger partial charge in [0.15, 0.2) is 5.82 Å². The van der Waals surface area contributed by atoms with Gasteiger partial charge < -0.3 is 9.84 Å². The lowest BCUT2D eigenvalue weighted by Crippen LogP contribution is -1.92. The number of anilines is 1. The zero-order valence-corrected chi connectivity index (χ0v) is 5.91. The molecule has 4 nitrogen and oxygen atoms in total. The number of aromatic nitrogens is 1. The highest BCUT2D eigenvalue weighted by molar-refractivity contribution is 5.68. The van der Waals surface area contributed by atoms with E-state index in [9.17, 15) is 4.79 Å². The number of rotatable bonds is 3. The fraction of sp³-hybridized carbons (Fsp3) is 0.429. The highest BCUT2D eigenvalue weighted by Gasteiger charge is 2.27. The molecule has 0 saturated heterocycles. The Kier molecular flexibility index (Phi) is 1.38. The molecular formula is C7H8N2O2. The van der Waals surface area contributed by atoms with E-state index >= 15 is 0 Å². The molecule has 0 aliphatic heterocycles. The second-order valence-electron chi connectivity index (χ2n) is 2.65. The van der Waals surface area contributed by atoms with Crippen molar-refractivity contribution in [2.45, 2.75) is 18.8 Å². The van der Waals surface area contributed by atoms with E-state index in [1.54, 1.807) is 6.07 Å². The van der Waals surface area contributed by atoms with E-state index in [1.165, 1.54) is 12.8 Å². The van der Waals surface area contributed by atoms with Crippen molar-refractivity contribution in [3.63, 3.8) is 0 Å². The van der Waals surface area contributed by atoms with Crippen LogP contribution in [-0.4, -0.2) is 11.6 Å². The maximum atomic E-state index is 9.98. The predicted molar refractivity (Wildman–Crippen MR) is 38.2 cm³/mol. The SMILES string of the molecule is O=CNc1cc(C2CC2)on1. The molecule has 1 heterocycles. The van der Waals surface area contributed by atoms with E-state index in [-0.39, 0.29) is 0 Å². The van der Waals surface area contributed by atoms with Crippen molar-refractivity contribution in [1.82, 2.24) is 5.16 Å². The fourth-order valence-corrected chi connectivity index (χ4v) is 0.978. The molecule has 0 bridgehead atoms. The summed E-state index contributed by atoms with van der Waals surface area (Å²) >= 11 is 0. The Bertz CT molecular complexity index is 265. The van der Waals surface area contributed by atoms with Crippen LogP contribution < -0.4 is 5.32 Å². The van der Waals surface area contributed by atoms with E-state index in [4.69, 9.17) is 4.52 Å². The quantitative estimate of drug-likeness (QED) is 0.660. The van der Waals surface area contributed by atoms with Crippen LogP contribution >= 0.6 is 0 Å². The van der Waals surface area contributed by atoms with Gasteiger partial charge in [-0.3, -0.25) is 4.79 Å². The van der Waals surface area contributed by atoms with Crippen LogP contribution in [0.2, 0.25) is 0 Å². The molecule has 2 rings (SSSR count). The van der Waals surface area contributed by atoms with Gasteiger partial charge in [0.1, 0.15) is 5.76 Å². The molecule has 1 amide bonds. The van der Waals surface area contributed by atoms with Crippen LogP contribution in [0.15, 0.2) is 10.6 Å². The van der Waals surface area contributed by atoms with Gasteiger partial charge in [-0.15, -0.1) is 0 Å². The topological polar surface area (TPSA) is 55.1 Å². The van der Waals surface area contributed by atoms with Crippen molar-refractivity contribution in [2.75, 3.05) is 5.32 Å².